The zero-order valence-electron chi connectivity index (χ0n) is 9.07. The number of likely N-dealkylation sites (N-methyl/N-ethyl adjacent to an activating group) is 1. The highest BCUT2D eigenvalue weighted by atomic mass is 19.4. The molecule has 2 atom stereocenters. The lowest BCUT2D eigenvalue weighted by atomic mass is 10.1. The maximum absolute atomic E-state index is 12.5. The van der Waals surface area contributed by atoms with Gasteiger partial charge in [0.2, 0.25) is 0 Å². The second-order valence-electron chi connectivity index (χ2n) is 3.69. The van der Waals surface area contributed by atoms with E-state index in [1.54, 1.807) is 0 Å². The molecule has 4 N–H and O–H groups in total. The van der Waals surface area contributed by atoms with Crippen molar-refractivity contribution in [2.24, 2.45) is 16.8 Å². The van der Waals surface area contributed by atoms with Gasteiger partial charge in [-0.1, -0.05) is 5.16 Å². The molecule has 0 aromatic heterocycles. The van der Waals surface area contributed by atoms with Gasteiger partial charge in [-0.15, -0.1) is 0 Å². The van der Waals surface area contributed by atoms with E-state index in [9.17, 15) is 13.2 Å². The first-order chi connectivity index (χ1) is 7.18. The number of halogens is 3. The van der Waals surface area contributed by atoms with Gasteiger partial charge in [-0.3, -0.25) is 0 Å². The van der Waals surface area contributed by atoms with Crippen LogP contribution < -0.4 is 5.73 Å². The van der Waals surface area contributed by atoms with Gasteiger partial charge in [-0.05, 0) is 14.0 Å². The van der Waals surface area contributed by atoms with Crippen molar-refractivity contribution in [2.75, 3.05) is 20.1 Å². The van der Waals surface area contributed by atoms with Crippen molar-refractivity contribution in [3.05, 3.63) is 0 Å². The summed E-state index contributed by atoms with van der Waals surface area (Å²) in [6.07, 6.45) is -5.32. The van der Waals surface area contributed by atoms with Crippen molar-refractivity contribution in [1.29, 1.82) is 0 Å². The SMILES string of the molecule is CC(O)CN(C)CC(C(N)=NO)C(F)(F)F. The summed E-state index contributed by atoms with van der Waals surface area (Å²) in [6.45, 7) is 1.07. The normalized spacial score (nSPS) is 17.6. The molecule has 16 heavy (non-hydrogen) atoms. The second-order valence-corrected chi connectivity index (χ2v) is 3.69. The molecular formula is C8H16F3N3O2. The first kappa shape index (κ1) is 15.0. The largest absolute Gasteiger partial charge is 0.409 e. The number of hydrogen-bond donors (Lipinski definition) is 3. The fourth-order valence-corrected chi connectivity index (χ4v) is 1.27. The van der Waals surface area contributed by atoms with E-state index in [0.717, 1.165) is 0 Å². The summed E-state index contributed by atoms with van der Waals surface area (Å²) in [4.78, 5) is 1.26. The van der Waals surface area contributed by atoms with Gasteiger partial charge in [0.25, 0.3) is 0 Å². The van der Waals surface area contributed by atoms with Gasteiger partial charge in [-0.25, -0.2) is 0 Å². The highest BCUT2D eigenvalue weighted by Gasteiger charge is 2.43. The van der Waals surface area contributed by atoms with Crippen LogP contribution in [0.3, 0.4) is 0 Å². The third-order valence-electron chi connectivity index (χ3n) is 1.94. The molecule has 0 fully saturated rings. The number of rotatable bonds is 5. The molecule has 0 radical (unpaired) electrons. The van der Waals surface area contributed by atoms with Crippen LogP contribution in [0.25, 0.3) is 0 Å². The van der Waals surface area contributed by atoms with Crippen LogP contribution in [-0.4, -0.2) is 53.5 Å². The number of alkyl halides is 3. The van der Waals surface area contributed by atoms with Crippen LogP contribution in [-0.2, 0) is 0 Å². The first-order valence-electron chi connectivity index (χ1n) is 4.59. The predicted molar refractivity (Wildman–Crippen MR) is 52.1 cm³/mol. The Morgan fingerprint density at radius 3 is 2.25 bits per heavy atom. The molecular weight excluding hydrogens is 227 g/mol. The third-order valence-corrected chi connectivity index (χ3v) is 1.94. The number of hydrogen-bond acceptors (Lipinski definition) is 4. The third kappa shape index (κ3) is 5.17. The van der Waals surface area contributed by atoms with E-state index >= 15 is 0 Å². The average Bonchev–Trinajstić information content (AvgIpc) is 2.10. The molecule has 5 nitrogen and oxygen atoms in total. The highest BCUT2D eigenvalue weighted by Crippen LogP contribution is 2.27. The number of nitrogens with zero attached hydrogens (tertiary/aromatic N) is 2. The summed E-state index contributed by atoms with van der Waals surface area (Å²) in [6, 6.07) is 0. The predicted octanol–water partition coefficient (Wildman–Crippen LogP) is 0.224. The molecule has 0 bridgehead atoms. The Hall–Kier alpha value is -1.02. The number of aliphatic hydroxyl groups is 1. The summed E-state index contributed by atoms with van der Waals surface area (Å²) in [7, 11) is 1.41. The van der Waals surface area contributed by atoms with Crippen molar-refractivity contribution in [3.63, 3.8) is 0 Å². The van der Waals surface area contributed by atoms with Crippen LogP contribution in [0.15, 0.2) is 5.16 Å². The number of oxime groups is 1. The molecule has 0 aliphatic heterocycles. The molecule has 0 aliphatic rings. The van der Waals surface area contributed by atoms with E-state index in [2.05, 4.69) is 5.16 Å². The Morgan fingerprint density at radius 1 is 1.44 bits per heavy atom. The monoisotopic (exact) mass is 243 g/mol. The zero-order chi connectivity index (χ0) is 12.9. The molecule has 0 aromatic rings. The van der Waals surface area contributed by atoms with E-state index in [1.807, 2.05) is 0 Å². The lowest BCUT2D eigenvalue weighted by molar-refractivity contribution is -0.160. The molecule has 96 valence electrons. The minimum absolute atomic E-state index is 0.0747. The molecule has 8 heteroatoms. The lowest BCUT2D eigenvalue weighted by Crippen LogP contribution is -2.44. The summed E-state index contributed by atoms with van der Waals surface area (Å²) >= 11 is 0. The van der Waals surface area contributed by atoms with Crippen LogP contribution >= 0.6 is 0 Å². The zero-order valence-corrected chi connectivity index (χ0v) is 9.07. The molecule has 0 aromatic carbocycles. The lowest BCUT2D eigenvalue weighted by Gasteiger charge is -2.25. The van der Waals surface area contributed by atoms with Gasteiger partial charge < -0.3 is 20.9 Å². The summed E-state index contributed by atoms with van der Waals surface area (Å²) in [5.41, 5.74) is 4.97. The summed E-state index contributed by atoms with van der Waals surface area (Å²) in [5, 5.41) is 19.6. The molecule has 0 rings (SSSR count). The number of aliphatic hydroxyl groups excluding tert-OH is 1. The maximum atomic E-state index is 12.5. The molecule has 0 saturated carbocycles. The van der Waals surface area contributed by atoms with Gasteiger partial charge in [0.15, 0.2) is 5.84 Å². The molecule has 0 amide bonds. The van der Waals surface area contributed by atoms with E-state index < -0.39 is 30.6 Å². The fraction of sp³-hybridized carbons (Fsp3) is 0.875. The van der Waals surface area contributed by atoms with E-state index in [4.69, 9.17) is 16.0 Å². The number of nitrogens with two attached hydrogens (primary N) is 1. The van der Waals surface area contributed by atoms with Gasteiger partial charge in [-0.2, -0.15) is 13.2 Å². The van der Waals surface area contributed by atoms with Crippen molar-refractivity contribution < 1.29 is 23.5 Å². The van der Waals surface area contributed by atoms with E-state index in [1.165, 1.54) is 18.9 Å². The quantitative estimate of drug-likeness (QED) is 0.279. The molecule has 0 heterocycles. The maximum Gasteiger partial charge on any atom is 0.400 e. The van der Waals surface area contributed by atoms with Crippen LogP contribution in [0.5, 0.6) is 0 Å². The molecule has 0 saturated heterocycles. The minimum Gasteiger partial charge on any atom is -0.409 e. The van der Waals surface area contributed by atoms with Crippen molar-refractivity contribution in [1.82, 2.24) is 4.90 Å². The van der Waals surface area contributed by atoms with Crippen molar-refractivity contribution >= 4 is 5.84 Å². The Morgan fingerprint density at radius 2 is 1.94 bits per heavy atom. The average molecular weight is 243 g/mol. The standard InChI is InChI=1S/C8H16F3N3O2/c1-5(15)3-14(2)4-6(7(12)13-16)8(9,10)11/h5-6,15-16H,3-4H2,1-2H3,(H2,12,13). The van der Waals surface area contributed by atoms with Crippen LogP contribution in [0.1, 0.15) is 6.92 Å². The van der Waals surface area contributed by atoms with E-state index in [0.29, 0.717) is 0 Å². The molecule has 0 spiro atoms. The number of amidine groups is 1. The second kappa shape index (κ2) is 5.90. The fourth-order valence-electron chi connectivity index (χ4n) is 1.27. The van der Waals surface area contributed by atoms with Crippen LogP contribution in [0, 0.1) is 5.92 Å². The Balaban J connectivity index is 4.57. The van der Waals surface area contributed by atoms with Crippen molar-refractivity contribution in [3.8, 4) is 0 Å². The van der Waals surface area contributed by atoms with Crippen LogP contribution in [0.4, 0.5) is 13.2 Å². The van der Waals surface area contributed by atoms with Gasteiger partial charge >= 0.3 is 6.18 Å². The summed E-state index contributed by atoms with van der Waals surface area (Å²) in [5.74, 6) is -2.92. The van der Waals surface area contributed by atoms with Gasteiger partial charge in [0.1, 0.15) is 5.92 Å². The highest BCUT2D eigenvalue weighted by molar-refractivity contribution is 5.83. The van der Waals surface area contributed by atoms with Crippen LogP contribution in [0.2, 0.25) is 0 Å². The molecule has 0 aliphatic carbocycles. The van der Waals surface area contributed by atoms with Gasteiger partial charge in [0.05, 0.1) is 6.10 Å². The Bertz CT molecular complexity index is 243. The van der Waals surface area contributed by atoms with Gasteiger partial charge in [0, 0.05) is 13.1 Å². The first-order valence-corrected chi connectivity index (χ1v) is 4.59. The smallest absolute Gasteiger partial charge is 0.400 e. The summed E-state index contributed by atoms with van der Waals surface area (Å²) < 4.78 is 37.5. The topological polar surface area (TPSA) is 82.1 Å². The van der Waals surface area contributed by atoms with E-state index in [-0.39, 0.29) is 6.54 Å². The molecule has 2 unspecified atom stereocenters. The Labute approximate surface area is 91.3 Å². The Kier molecular flexibility index (Phi) is 5.52. The minimum atomic E-state index is -4.58. The van der Waals surface area contributed by atoms with Crippen molar-refractivity contribution in [2.45, 2.75) is 19.2 Å².